The summed E-state index contributed by atoms with van der Waals surface area (Å²) in [5.74, 6) is 0. The van der Waals surface area contributed by atoms with Gasteiger partial charge in [0.1, 0.15) is 0 Å². The summed E-state index contributed by atoms with van der Waals surface area (Å²) < 4.78 is 0. The van der Waals surface area contributed by atoms with Gasteiger partial charge < -0.3 is 15.1 Å². The maximum atomic E-state index is 3.27. The van der Waals surface area contributed by atoms with Gasteiger partial charge in [-0.2, -0.15) is 0 Å². The highest BCUT2D eigenvalue weighted by atomic mass is 15.2. The number of piperazine rings is 1. The van der Waals surface area contributed by atoms with E-state index in [-0.39, 0.29) is 0 Å². The second kappa shape index (κ2) is 9.44. The van der Waals surface area contributed by atoms with E-state index in [1.807, 2.05) is 0 Å². The first-order chi connectivity index (χ1) is 6.74. The molecule has 1 fully saturated rings. The molecule has 1 N–H and O–H groups in total. The van der Waals surface area contributed by atoms with Crippen molar-refractivity contribution in [1.82, 2.24) is 15.1 Å². The van der Waals surface area contributed by atoms with Crippen molar-refractivity contribution < 1.29 is 0 Å². The molecule has 0 unspecified atom stereocenters. The summed E-state index contributed by atoms with van der Waals surface area (Å²) in [6, 6.07) is 0. The third-order valence-electron chi connectivity index (χ3n) is 2.68. The lowest BCUT2D eigenvalue weighted by Crippen LogP contribution is -2.40. The average molecular weight is 201 g/mol. The maximum absolute atomic E-state index is 3.27. The smallest absolute Gasteiger partial charge is 0.0104 e. The molecule has 0 radical (unpaired) electrons. The van der Waals surface area contributed by atoms with Crippen molar-refractivity contribution in [2.45, 2.75) is 20.8 Å². The van der Waals surface area contributed by atoms with E-state index in [2.05, 4.69) is 42.9 Å². The third-order valence-corrected chi connectivity index (χ3v) is 2.68. The molecule has 3 nitrogen and oxygen atoms in total. The Labute approximate surface area is 89.5 Å². The molecule has 0 aromatic carbocycles. The molecule has 1 aliphatic heterocycles. The van der Waals surface area contributed by atoms with Gasteiger partial charge in [0.05, 0.1) is 0 Å². The van der Waals surface area contributed by atoms with E-state index in [0.29, 0.717) is 0 Å². The van der Waals surface area contributed by atoms with Crippen LogP contribution in [-0.4, -0.2) is 62.7 Å². The van der Waals surface area contributed by atoms with Gasteiger partial charge in [0.15, 0.2) is 0 Å². The largest absolute Gasteiger partial charge is 0.314 e. The van der Waals surface area contributed by atoms with Crippen LogP contribution in [0.5, 0.6) is 0 Å². The number of rotatable bonds is 3. The summed E-state index contributed by atoms with van der Waals surface area (Å²) in [4.78, 5) is 4.70. The average Bonchev–Trinajstić information content (AvgIpc) is 2.22. The summed E-state index contributed by atoms with van der Waals surface area (Å²) in [7, 11) is 2.15. The number of likely N-dealkylation sites (N-methyl/N-ethyl adjacent to an activating group) is 1. The van der Waals surface area contributed by atoms with Crippen molar-refractivity contribution in [2.24, 2.45) is 0 Å². The predicted molar refractivity (Wildman–Crippen MR) is 63.8 cm³/mol. The fourth-order valence-corrected chi connectivity index (χ4v) is 1.45. The fraction of sp³-hybridized carbons (Fsp3) is 1.00. The summed E-state index contributed by atoms with van der Waals surface area (Å²) in [6.45, 7) is 14.9. The molecule has 3 heteroatoms. The zero-order valence-corrected chi connectivity index (χ0v) is 10.3. The van der Waals surface area contributed by atoms with Gasteiger partial charge in [-0.25, -0.2) is 0 Å². The van der Waals surface area contributed by atoms with Crippen LogP contribution < -0.4 is 5.32 Å². The highest BCUT2D eigenvalue weighted by Gasteiger charge is 2.01. The molecule has 1 saturated heterocycles. The van der Waals surface area contributed by atoms with Crippen molar-refractivity contribution >= 4 is 0 Å². The Morgan fingerprint density at radius 3 is 1.57 bits per heavy atom. The molecule has 1 aliphatic rings. The van der Waals surface area contributed by atoms with Crippen LogP contribution in [0, 0.1) is 0 Å². The number of nitrogens with zero attached hydrogens (tertiary/aromatic N) is 2. The van der Waals surface area contributed by atoms with Gasteiger partial charge >= 0.3 is 0 Å². The quantitative estimate of drug-likeness (QED) is 0.731. The van der Waals surface area contributed by atoms with Crippen LogP contribution in [-0.2, 0) is 0 Å². The van der Waals surface area contributed by atoms with Gasteiger partial charge in [-0.15, -0.1) is 0 Å². The molecule has 0 aliphatic carbocycles. The van der Waals surface area contributed by atoms with Gasteiger partial charge in [-0.3, -0.25) is 0 Å². The van der Waals surface area contributed by atoms with Crippen LogP contribution >= 0.6 is 0 Å². The third kappa shape index (κ3) is 7.30. The maximum Gasteiger partial charge on any atom is 0.0104 e. The van der Waals surface area contributed by atoms with Crippen LogP contribution in [0.3, 0.4) is 0 Å². The van der Waals surface area contributed by atoms with Crippen LogP contribution in [0.4, 0.5) is 0 Å². The topological polar surface area (TPSA) is 18.5 Å². The molecule has 0 aromatic heterocycles. The van der Waals surface area contributed by atoms with E-state index in [1.54, 1.807) is 0 Å². The Hall–Kier alpha value is -0.120. The van der Waals surface area contributed by atoms with E-state index in [4.69, 9.17) is 0 Å². The van der Waals surface area contributed by atoms with E-state index < -0.39 is 0 Å². The first kappa shape index (κ1) is 13.9. The lowest BCUT2D eigenvalue weighted by molar-refractivity contribution is 0.291. The SMILES string of the molecule is CCN(CC)CC.CN1CCNCC1. The molecular weight excluding hydrogens is 174 g/mol. The van der Waals surface area contributed by atoms with Gasteiger partial charge in [-0.1, -0.05) is 20.8 Å². The summed E-state index contributed by atoms with van der Waals surface area (Å²) in [5, 5.41) is 3.27. The molecule has 0 aromatic rings. The van der Waals surface area contributed by atoms with Gasteiger partial charge in [0, 0.05) is 26.2 Å². The minimum absolute atomic E-state index is 1.16. The molecule has 0 bridgehead atoms. The number of hydrogen-bond acceptors (Lipinski definition) is 3. The highest BCUT2D eigenvalue weighted by Crippen LogP contribution is 1.83. The van der Waals surface area contributed by atoms with Crippen molar-refractivity contribution in [3.8, 4) is 0 Å². The Morgan fingerprint density at radius 2 is 1.43 bits per heavy atom. The summed E-state index contributed by atoms with van der Waals surface area (Å²) >= 11 is 0. The predicted octanol–water partition coefficient (Wildman–Crippen LogP) is 0.870. The minimum Gasteiger partial charge on any atom is -0.314 e. The second-order valence-electron chi connectivity index (χ2n) is 3.67. The highest BCUT2D eigenvalue weighted by molar-refractivity contribution is 4.62. The molecular formula is C11H27N3. The van der Waals surface area contributed by atoms with E-state index >= 15 is 0 Å². The van der Waals surface area contributed by atoms with Crippen LogP contribution in [0.15, 0.2) is 0 Å². The van der Waals surface area contributed by atoms with Gasteiger partial charge in [0.2, 0.25) is 0 Å². The van der Waals surface area contributed by atoms with Gasteiger partial charge in [-0.05, 0) is 26.7 Å². The van der Waals surface area contributed by atoms with Crippen molar-refractivity contribution in [3.05, 3.63) is 0 Å². The molecule has 0 amide bonds. The summed E-state index contributed by atoms with van der Waals surface area (Å²) in [5.41, 5.74) is 0. The Morgan fingerprint density at radius 1 is 1.00 bits per heavy atom. The van der Waals surface area contributed by atoms with Crippen LogP contribution in [0.25, 0.3) is 0 Å². The number of nitrogens with one attached hydrogen (secondary N) is 1. The van der Waals surface area contributed by atoms with Crippen molar-refractivity contribution in [3.63, 3.8) is 0 Å². The standard InChI is InChI=1S/C6H15N.C5H12N2/c1-4-7(5-2)6-3;1-7-4-2-6-3-5-7/h4-6H2,1-3H3;6H,2-5H2,1H3. The van der Waals surface area contributed by atoms with Gasteiger partial charge in [0.25, 0.3) is 0 Å². The molecule has 86 valence electrons. The van der Waals surface area contributed by atoms with Crippen molar-refractivity contribution in [1.29, 1.82) is 0 Å². The monoisotopic (exact) mass is 201 g/mol. The first-order valence-corrected chi connectivity index (χ1v) is 5.86. The zero-order chi connectivity index (χ0) is 10.8. The lowest BCUT2D eigenvalue weighted by Gasteiger charge is -2.21. The van der Waals surface area contributed by atoms with E-state index in [0.717, 1.165) is 13.1 Å². The van der Waals surface area contributed by atoms with Crippen LogP contribution in [0.1, 0.15) is 20.8 Å². The fourth-order valence-electron chi connectivity index (χ4n) is 1.45. The molecule has 0 atom stereocenters. The lowest BCUT2D eigenvalue weighted by atomic mass is 10.4. The molecule has 1 heterocycles. The van der Waals surface area contributed by atoms with E-state index in [9.17, 15) is 0 Å². The van der Waals surface area contributed by atoms with Crippen LogP contribution in [0.2, 0.25) is 0 Å². The van der Waals surface area contributed by atoms with E-state index in [1.165, 1.54) is 32.7 Å². The summed E-state index contributed by atoms with van der Waals surface area (Å²) in [6.07, 6.45) is 0. The molecule has 1 rings (SSSR count). The first-order valence-electron chi connectivity index (χ1n) is 5.86. The number of hydrogen-bond donors (Lipinski definition) is 1. The zero-order valence-electron chi connectivity index (χ0n) is 10.3. The Bertz CT molecular complexity index is 102. The normalized spacial score (nSPS) is 17.8. The second-order valence-corrected chi connectivity index (χ2v) is 3.67. The van der Waals surface area contributed by atoms with Crippen molar-refractivity contribution in [2.75, 3.05) is 52.9 Å². The molecule has 0 saturated carbocycles. The molecule has 14 heavy (non-hydrogen) atoms. The Kier molecular flexibility index (Phi) is 9.35. The molecule has 0 spiro atoms. The minimum atomic E-state index is 1.16. The Balaban J connectivity index is 0.000000241.